The third kappa shape index (κ3) is 4.17. The van der Waals surface area contributed by atoms with Crippen LogP contribution in [0, 0.1) is 0 Å². The van der Waals surface area contributed by atoms with Gasteiger partial charge in [0.2, 0.25) is 0 Å². The van der Waals surface area contributed by atoms with Crippen LogP contribution in [0.25, 0.3) is 5.57 Å². The first kappa shape index (κ1) is 12.3. The number of allylic oxidation sites excluding steroid dienone is 2. The van der Waals surface area contributed by atoms with Gasteiger partial charge in [-0.2, -0.15) is 0 Å². The van der Waals surface area contributed by atoms with E-state index < -0.39 is 5.97 Å². The summed E-state index contributed by atoms with van der Waals surface area (Å²) in [4.78, 5) is 10.2. The molecule has 86 valence electrons. The van der Waals surface area contributed by atoms with Gasteiger partial charge in [0, 0.05) is 5.97 Å². The van der Waals surface area contributed by atoms with Crippen LogP contribution >= 0.6 is 0 Å². The molecule has 0 spiro atoms. The van der Waals surface area contributed by atoms with Gasteiger partial charge >= 0.3 is 0 Å². The molecule has 3 heteroatoms. The molecule has 0 saturated heterocycles. The zero-order valence-corrected chi connectivity index (χ0v) is 9.27. The molecule has 1 aromatic carbocycles. The maximum Gasteiger partial charge on any atom is 0.116 e. The molecule has 0 heterocycles. The molecule has 0 aromatic heterocycles. The van der Waals surface area contributed by atoms with E-state index in [1.54, 1.807) is 18.2 Å². The summed E-state index contributed by atoms with van der Waals surface area (Å²) in [6.45, 7) is 1.94. The average Bonchev–Trinajstić information content (AvgIpc) is 2.24. The number of hydrogen-bond donors (Lipinski definition) is 1. The van der Waals surface area contributed by atoms with E-state index in [4.69, 9.17) is 0 Å². The minimum absolute atomic E-state index is 0.0871. The van der Waals surface area contributed by atoms with Crippen LogP contribution in [-0.2, 0) is 4.79 Å². The molecular weight excluding hydrogens is 204 g/mol. The fourth-order valence-electron chi connectivity index (χ4n) is 1.43. The summed E-state index contributed by atoms with van der Waals surface area (Å²) in [5, 5.41) is 19.5. The van der Waals surface area contributed by atoms with Crippen molar-refractivity contribution in [2.75, 3.05) is 0 Å². The van der Waals surface area contributed by atoms with Gasteiger partial charge in [-0.25, -0.2) is 0 Å². The van der Waals surface area contributed by atoms with Crippen LogP contribution in [-0.4, -0.2) is 11.1 Å². The zero-order chi connectivity index (χ0) is 12.0. The van der Waals surface area contributed by atoms with Gasteiger partial charge in [0.15, 0.2) is 0 Å². The van der Waals surface area contributed by atoms with Gasteiger partial charge in [-0.15, -0.1) is 0 Å². The first-order valence-electron chi connectivity index (χ1n) is 5.25. The molecule has 0 aliphatic heterocycles. The number of phenols is 1. The molecular formula is C13H15O3-. The molecule has 0 radical (unpaired) electrons. The van der Waals surface area contributed by atoms with Crippen LogP contribution in [0.1, 0.15) is 31.7 Å². The second-order valence-electron chi connectivity index (χ2n) is 3.70. The van der Waals surface area contributed by atoms with E-state index >= 15 is 0 Å². The van der Waals surface area contributed by atoms with Crippen LogP contribution in [0.15, 0.2) is 30.3 Å². The van der Waals surface area contributed by atoms with Gasteiger partial charge in [0.1, 0.15) is 5.75 Å². The van der Waals surface area contributed by atoms with E-state index in [0.717, 1.165) is 11.1 Å². The van der Waals surface area contributed by atoms with Crippen molar-refractivity contribution in [1.82, 2.24) is 0 Å². The normalized spacial score (nSPS) is 11.4. The SMILES string of the molecule is C/C(=C/CCCC(=O)[O-])c1cccc(O)c1. The number of unbranched alkanes of at least 4 members (excludes halogenated alkanes) is 1. The number of hydrogen-bond acceptors (Lipinski definition) is 3. The molecule has 0 bridgehead atoms. The second-order valence-corrected chi connectivity index (χ2v) is 3.70. The van der Waals surface area contributed by atoms with E-state index in [9.17, 15) is 15.0 Å². The Morgan fingerprint density at radius 1 is 1.50 bits per heavy atom. The number of carboxylic acids is 1. The smallest absolute Gasteiger partial charge is 0.116 e. The Bertz CT molecular complexity index is 394. The molecule has 0 aliphatic carbocycles. The maximum atomic E-state index is 10.2. The highest BCUT2D eigenvalue weighted by molar-refractivity contribution is 5.65. The van der Waals surface area contributed by atoms with Gasteiger partial charge in [0.05, 0.1) is 0 Å². The molecule has 0 unspecified atom stereocenters. The monoisotopic (exact) mass is 219 g/mol. The van der Waals surface area contributed by atoms with Crippen molar-refractivity contribution in [3.05, 3.63) is 35.9 Å². The van der Waals surface area contributed by atoms with Crippen molar-refractivity contribution in [2.45, 2.75) is 26.2 Å². The fourth-order valence-corrected chi connectivity index (χ4v) is 1.43. The van der Waals surface area contributed by atoms with Gasteiger partial charge in [-0.1, -0.05) is 18.2 Å². The predicted octanol–water partition coefficient (Wildman–Crippen LogP) is 1.72. The quantitative estimate of drug-likeness (QED) is 0.767. The van der Waals surface area contributed by atoms with E-state index in [2.05, 4.69) is 0 Å². The van der Waals surface area contributed by atoms with Gasteiger partial charge < -0.3 is 15.0 Å². The Hall–Kier alpha value is -1.77. The number of carbonyl (C=O) groups excluding carboxylic acids is 1. The van der Waals surface area contributed by atoms with E-state index in [-0.39, 0.29) is 12.2 Å². The van der Waals surface area contributed by atoms with Crippen molar-refractivity contribution in [1.29, 1.82) is 0 Å². The van der Waals surface area contributed by atoms with Crippen molar-refractivity contribution in [3.8, 4) is 5.75 Å². The Balaban J connectivity index is 2.53. The van der Waals surface area contributed by atoms with Crippen LogP contribution < -0.4 is 5.11 Å². The summed E-state index contributed by atoms with van der Waals surface area (Å²) in [6, 6.07) is 6.99. The van der Waals surface area contributed by atoms with Crippen LogP contribution in [0.4, 0.5) is 0 Å². The van der Waals surface area contributed by atoms with Crippen molar-refractivity contribution in [3.63, 3.8) is 0 Å². The molecule has 1 N–H and O–H groups in total. The molecule has 0 aliphatic rings. The topological polar surface area (TPSA) is 60.4 Å². The van der Waals surface area contributed by atoms with Crippen LogP contribution in [0.3, 0.4) is 0 Å². The molecule has 1 aromatic rings. The molecule has 1 rings (SSSR count). The summed E-state index contributed by atoms with van der Waals surface area (Å²) in [7, 11) is 0. The summed E-state index contributed by atoms with van der Waals surface area (Å²) in [6.07, 6.45) is 3.34. The second kappa shape index (κ2) is 5.95. The standard InChI is InChI=1S/C13H16O3/c1-10(5-2-3-8-13(15)16)11-6-4-7-12(14)9-11/h4-7,9,14H,2-3,8H2,1H3,(H,15,16)/p-1/b10-5-. The number of aromatic hydroxyl groups is 1. The first-order chi connectivity index (χ1) is 7.59. The van der Waals surface area contributed by atoms with Gasteiger partial charge in [-0.3, -0.25) is 0 Å². The number of benzene rings is 1. The summed E-state index contributed by atoms with van der Waals surface area (Å²) >= 11 is 0. The first-order valence-corrected chi connectivity index (χ1v) is 5.25. The van der Waals surface area contributed by atoms with E-state index in [0.29, 0.717) is 12.8 Å². The molecule has 0 saturated carbocycles. The Morgan fingerprint density at radius 3 is 2.88 bits per heavy atom. The summed E-state index contributed by atoms with van der Waals surface area (Å²) < 4.78 is 0. The van der Waals surface area contributed by atoms with Crippen LogP contribution in [0.5, 0.6) is 5.75 Å². The number of carbonyl (C=O) groups is 1. The molecule has 0 atom stereocenters. The lowest BCUT2D eigenvalue weighted by Gasteiger charge is -2.03. The largest absolute Gasteiger partial charge is 0.550 e. The third-order valence-electron chi connectivity index (χ3n) is 2.34. The highest BCUT2D eigenvalue weighted by Crippen LogP contribution is 2.19. The number of phenolic OH excluding ortho intramolecular Hbond substituents is 1. The predicted molar refractivity (Wildman–Crippen MR) is 60.6 cm³/mol. The van der Waals surface area contributed by atoms with Gasteiger partial charge in [0.25, 0.3) is 0 Å². The molecule has 16 heavy (non-hydrogen) atoms. The Kier molecular flexibility index (Phi) is 4.58. The Morgan fingerprint density at radius 2 is 2.25 bits per heavy atom. The Labute approximate surface area is 95.0 Å². The highest BCUT2D eigenvalue weighted by atomic mass is 16.4. The number of rotatable bonds is 5. The fraction of sp³-hybridized carbons (Fsp3) is 0.308. The molecule has 0 fully saturated rings. The number of carboxylic acid groups (broad SMARTS) is 1. The number of aliphatic carboxylic acids is 1. The molecule has 3 nitrogen and oxygen atoms in total. The maximum absolute atomic E-state index is 10.2. The zero-order valence-electron chi connectivity index (χ0n) is 9.27. The highest BCUT2D eigenvalue weighted by Gasteiger charge is 1.96. The molecule has 0 amide bonds. The lowest BCUT2D eigenvalue weighted by atomic mass is 10.1. The minimum atomic E-state index is -1.01. The van der Waals surface area contributed by atoms with Crippen molar-refractivity contribution >= 4 is 11.5 Å². The van der Waals surface area contributed by atoms with E-state index in [1.807, 2.05) is 19.1 Å². The van der Waals surface area contributed by atoms with Gasteiger partial charge in [-0.05, 0) is 49.5 Å². The lowest BCUT2D eigenvalue weighted by molar-refractivity contribution is -0.305. The summed E-state index contributed by atoms with van der Waals surface area (Å²) in [5.74, 6) is -0.775. The average molecular weight is 219 g/mol. The third-order valence-corrected chi connectivity index (χ3v) is 2.34. The van der Waals surface area contributed by atoms with E-state index in [1.165, 1.54) is 0 Å². The minimum Gasteiger partial charge on any atom is -0.550 e. The summed E-state index contributed by atoms with van der Waals surface area (Å²) in [5.41, 5.74) is 1.99. The van der Waals surface area contributed by atoms with Crippen molar-refractivity contribution in [2.24, 2.45) is 0 Å². The van der Waals surface area contributed by atoms with Crippen molar-refractivity contribution < 1.29 is 15.0 Å². The lowest BCUT2D eigenvalue weighted by Crippen LogP contribution is -2.21. The van der Waals surface area contributed by atoms with Crippen LogP contribution in [0.2, 0.25) is 0 Å².